The molecule has 0 heterocycles. The van der Waals surface area contributed by atoms with Gasteiger partial charge in [0.2, 0.25) is 0 Å². The van der Waals surface area contributed by atoms with E-state index in [1.807, 2.05) is 0 Å². The molecule has 0 atom stereocenters. The minimum absolute atomic E-state index is 0. The molecule has 0 aromatic rings. The van der Waals surface area contributed by atoms with Gasteiger partial charge in [-0.2, -0.15) is 0 Å². The summed E-state index contributed by atoms with van der Waals surface area (Å²) in [5, 5.41) is 0. The smallest absolute Gasteiger partial charge is 0.748 e. The van der Waals surface area contributed by atoms with Gasteiger partial charge in [0, 0.05) is 5.75 Å². The Morgan fingerprint density at radius 3 is 1.30 bits per heavy atom. The summed E-state index contributed by atoms with van der Waals surface area (Å²) in [6.45, 7) is 2.23. The van der Waals surface area contributed by atoms with E-state index in [1.54, 1.807) is 0 Å². The van der Waals surface area contributed by atoms with E-state index in [1.165, 1.54) is 57.8 Å². The van der Waals surface area contributed by atoms with Crippen LogP contribution in [0.25, 0.3) is 0 Å². The molecule has 0 spiro atoms. The fraction of sp³-hybridized carbons (Fsp3) is 1.00. The van der Waals surface area contributed by atoms with Crippen molar-refractivity contribution >= 4 is 10.1 Å². The summed E-state index contributed by atoms with van der Waals surface area (Å²) in [7, 11) is -3.99. The molecule has 20 heavy (non-hydrogen) atoms. The Morgan fingerprint density at radius 1 is 0.700 bits per heavy atom. The molecule has 0 bridgehead atoms. The molecule has 0 aliphatic rings. The molecule has 2 N–H and O–H groups in total. The molecule has 0 amide bonds. The summed E-state index contributed by atoms with van der Waals surface area (Å²) in [4.78, 5) is 0. The molecule has 4 nitrogen and oxygen atoms in total. The monoisotopic (exact) mass is 318 g/mol. The number of hydrogen-bond donors (Lipinski definition) is 0. The van der Waals surface area contributed by atoms with Crippen LogP contribution in [0.4, 0.5) is 0 Å². The Labute approximate surface area is 147 Å². The van der Waals surface area contributed by atoms with Crippen LogP contribution < -0.4 is 29.6 Å². The molecule has 0 unspecified atom stereocenters. The molecule has 0 saturated heterocycles. The van der Waals surface area contributed by atoms with Crippen LogP contribution in [-0.2, 0) is 10.1 Å². The van der Waals surface area contributed by atoms with Gasteiger partial charge in [-0.1, -0.05) is 77.6 Å². The van der Waals surface area contributed by atoms with Crippen LogP contribution >= 0.6 is 0 Å². The van der Waals surface area contributed by atoms with Crippen LogP contribution in [0, 0.1) is 0 Å². The fourth-order valence-corrected chi connectivity index (χ4v) is 2.68. The minimum atomic E-state index is -3.99. The predicted octanol–water partition coefficient (Wildman–Crippen LogP) is 0.412. The molecular weight excluding hydrogens is 287 g/mol. The van der Waals surface area contributed by atoms with E-state index < -0.39 is 10.1 Å². The van der Waals surface area contributed by atoms with Crippen molar-refractivity contribution in [2.75, 3.05) is 5.75 Å². The summed E-state index contributed by atoms with van der Waals surface area (Å²) < 4.78 is 31.1. The summed E-state index contributed by atoms with van der Waals surface area (Å²) >= 11 is 0. The molecule has 0 fully saturated rings. The van der Waals surface area contributed by atoms with Gasteiger partial charge in [0.25, 0.3) is 0 Å². The number of rotatable bonds is 13. The molecule has 118 valence electrons. The number of hydrogen-bond acceptors (Lipinski definition) is 3. The fourth-order valence-electron chi connectivity index (χ4n) is 2.12. The average Bonchev–Trinajstić information content (AvgIpc) is 2.29. The van der Waals surface area contributed by atoms with E-state index >= 15 is 0 Å². The third kappa shape index (κ3) is 23.9. The molecular formula is C14H31NaO4S. The van der Waals surface area contributed by atoms with Gasteiger partial charge < -0.3 is 10.0 Å². The summed E-state index contributed by atoms with van der Waals surface area (Å²) in [5.74, 6) is -0.190. The standard InChI is InChI=1S/C14H30O3S.Na.H2O/c1-2-3-4-5-6-7-8-9-10-11-12-13-14-18(15,16)17;;/h2-14H2,1H3,(H,15,16,17);;1H2/q;+1;/p-1. The van der Waals surface area contributed by atoms with Gasteiger partial charge in [-0.05, 0) is 6.42 Å². The Balaban J connectivity index is -0.00000144. The first-order chi connectivity index (χ1) is 8.56. The van der Waals surface area contributed by atoms with Crippen LogP contribution in [0.2, 0.25) is 0 Å². The second-order valence-corrected chi connectivity index (χ2v) is 6.67. The van der Waals surface area contributed by atoms with Crippen molar-refractivity contribution < 1.29 is 48.0 Å². The molecule has 0 rings (SSSR count). The maximum atomic E-state index is 10.4. The zero-order chi connectivity index (χ0) is 13.7. The van der Waals surface area contributed by atoms with Crippen molar-refractivity contribution in [1.29, 1.82) is 0 Å². The molecule has 0 aliphatic carbocycles. The van der Waals surface area contributed by atoms with Crippen molar-refractivity contribution in [2.45, 2.75) is 84.0 Å². The first-order valence-corrected chi connectivity index (χ1v) is 9.07. The Kier molecular flexibility index (Phi) is 23.1. The SMILES string of the molecule is CCCCCCCCCCCCCCS(=O)(=O)[O-].O.[Na+]. The zero-order valence-electron chi connectivity index (χ0n) is 13.3. The quantitative estimate of drug-likeness (QED) is 0.280. The first-order valence-electron chi connectivity index (χ1n) is 7.50. The summed E-state index contributed by atoms with van der Waals surface area (Å²) in [6, 6.07) is 0. The first kappa shape index (κ1) is 25.8. The Bertz CT molecular complexity index is 268. The topological polar surface area (TPSA) is 88.7 Å². The van der Waals surface area contributed by atoms with E-state index in [-0.39, 0.29) is 40.8 Å². The summed E-state index contributed by atoms with van der Waals surface area (Å²) in [5.41, 5.74) is 0. The molecule has 0 saturated carbocycles. The van der Waals surface area contributed by atoms with E-state index in [9.17, 15) is 13.0 Å². The molecule has 6 heteroatoms. The number of unbranched alkanes of at least 4 members (excludes halogenated alkanes) is 11. The van der Waals surface area contributed by atoms with Crippen molar-refractivity contribution in [3.63, 3.8) is 0 Å². The van der Waals surface area contributed by atoms with Gasteiger partial charge in [0.1, 0.15) is 0 Å². The molecule has 0 radical (unpaired) electrons. The van der Waals surface area contributed by atoms with Crippen molar-refractivity contribution in [2.24, 2.45) is 0 Å². The average molecular weight is 318 g/mol. The van der Waals surface area contributed by atoms with Gasteiger partial charge >= 0.3 is 29.6 Å². The minimum Gasteiger partial charge on any atom is -0.748 e. The Morgan fingerprint density at radius 2 is 1.00 bits per heavy atom. The third-order valence-corrected chi connectivity index (χ3v) is 4.04. The molecule has 0 aromatic heterocycles. The second kappa shape index (κ2) is 17.9. The van der Waals surface area contributed by atoms with Gasteiger partial charge in [-0.15, -0.1) is 0 Å². The molecule has 0 aromatic carbocycles. The second-order valence-electron chi connectivity index (χ2n) is 5.15. The van der Waals surface area contributed by atoms with Gasteiger partial charge in [-0.3, -0.25) is 0 Å². The van der Waals surface area contributed by atoms with E-state index in [4.69, 9.17) is 0 Å². The van der Waals surface area contributed by atoms with E-state index in [0.29, 0.717) is 6.42 Å². The Hall–Kier alpha value is 0.870. The van der Waals surface area contributed by atoms with Crippen molar-refractivity contribution in [3.8, 4) is 0 Å². The van der Waals surface area contributed by atoms with Gasteiger partial charge in [0.05, 0.1) is 10.1 Å². The van der Waals surface area contributed by atoms with Crippen LogP contribution in [0.5, 0.6) is 0 Å². The van der Waals surface area contributed by atoms with Crippen LogP contribution in [0.3, 0.4) is 0 Å². The van der Waals surface area contributed by atoms with Gasteiger partial charge in [-0.25, -0.2) is 8.42 Å². The van der Waals surface area contributed by atoms with E-state index in [2.05, 4.69) is 6.92 Å². The zero-order valence-corrected chi connectivity index (χ0v) is 16.1. The largest absolute Gasteiger partial charge is 1.00 e. The maximum absolute atomic E-state index is 10.4. The normalized spacial score (nSPS) is 10.7. The summed E-state index contributed by atoms with van der Waals surface area (Å²) in [6.07, 6.45) is 14.3. The predicted molar refractivity (Wildman–Crippen MR) is 79.3 cm³/mol. The third-order valence-electron chi connectivity index (χ3n) is 3.25. The van der Waals surface area contributed by atoms with Crippen molar-refractivity contribution in [1.82, 2.24) is 0 Å². The van der Waals surface area contributed by atoms with Crippen LogP contribution in [0.15, 0.2) is 0 Å². The van der Waals surface area contributed by atoms with Crippen LogP contribution in [-0.4, -0.2) is 24.2 Å². The van der Waals surface area contributed by atoms with Crippen molar-refractivity contribution in [3.05, 3.63) is 0 Å². The maximum Gasteiger partial charge on any atom is 1.00 e. The van der Waals surface area contributed by atoms with E-state index in [0.717, 1.165) is 12.8 Å². The van der Waals surface area contributed by atoms with Crippen LogP contribution in [0.1, 0.15) is 84.0 Å². The molecule has 0 aliphatic heterocycles. The van der Waals surface area contributed by atoms with Gasteiger partial charge in [0.15, 0.2) is 0 Å².